The number of hydrogen-bond acceptors (Lipinski definition) is 5. The smallest absolute Gasteiger partial charge is 0.255 e. The van der Waals surface area contributed by atoms with E-state index >= 15 is 0 Å². The summed E-state index contributed by atoms with van der Waals surface area (Å²) < 4.78 is 0. The van der Waals surface area contributed by atoms with E-state index in [-0.39, 0.29) is 17.7 Å². The van der Waals surface area contributed by atoms with Gasteiger partial charge in [-0.2, -0.15) is 0 Å². The van der Waals surface area contributed by atoms with Gasteiger partial charge in [0, 0.05) is 44.5 Å². The molecular formula is C24H31N5O2. The molecule has 0 saturated carbocycles. The third-order valence-electron chi connectivity index (χ3n) is 6.31. The molecule has 0 spiro atoms. The van der Waals surface area contributed by atoms with Crippen LogP contribution in [0.4, 0.5) is 11.5 Å². The number of carbonyl (C=O) groups is 2. The molecular weight excluding hydrogens is 390 g/mol. The lowest BCUT2D eigenvalue weighted by atomic mass is 9.91. The molecule has 2 amide bonds. The minimum atomic E-state index is -0.0777. The monoisotopic (exact) mass is 421 g/mol. The largest absolute Gasteiger partial charge is 0.355 e. The molecule has 2 aliphatic rings. The van der Waals surface area contributed by atoms with Crippen molar-refractivity contribution >= 4 is 23.3 Å². The van der Waals surface area contributed by atoms with E-state index in [2.05, 4.69) is 34.0 Å². The molecule has 31 heavy (non-hydrogen) atoms. The van der Waals surface area contributed by atoms with Crippen molar-refractivity contribution in [1.82, 2.24) is 14.9 Å². The highest BCUT2D eigenvalue weighted by Crippen LogP contribution is 2.27. The number of amides is 2. The Balaban J connectivity index is 1.40. The maximum absolute atomic E-state index is 13.2. The first-order valence-corrected chi connectivity index (χ1v) is 11.2. The predicted molar refractivity (Wildman–Crippen MR) is 121 cm³/mol. The first-order chi connectivity index (χ1) is 15.0. The van der Waals surface area contributed by atoms with Gasteiger partial charge in [0.1, 0.15) is 5.82 Å². The Kier molecular flexibility index (Phi) is 6.49. The molecule has 7 nitrogen and oxygen atoms in total. The second-order valence-corrected chi connectivity index (χ2v) is 9.02. The number of hydrogen-bond donors (Lipinski definition) is 1. The fourth-order valence-electron chi connectivity index (χ4n) is 4.84. The number of aromatic nitrogens is 2. The van der Waals surface area contributed by atoms with Crippen LogP contribution in [-0.2, 0) is 4.79 Å². The molecule has 4 rings (SSSR count). The number of anilines is 2. The van der Waals surface area contributed by atoms with E-state index in [0.29, 0.717) is 23.1 Å². The number of nitrogens with zero attached hydrogens (tertiary/aromatic N) is 4. The maximum atomic E-state index is 13.2. The van der Waals surface area contributed by atoms with Crippen LogP contribution in [0.25, 0.3) is 0 Å². The summed E-state index contributed by atoms with van der Waals surface area (Å²) in [6.07, 6.45) is 7.75. The Morgan fingerprint density at radius 2 is 1.74 bits per heavy atom. The lowest BCUT2D eigenvalue weighted by molar-refractivity contribution is -0.120. The third-order valence-corrected chi connectivity index (χ3v) is 6.31. The van der Waals surface area contributed by atoms with Gasteiger partial charge in [0.15, 0.2) is 0 Å². The summed E-state index contributed by atoms with van der Waals surface area (Å²) in [6, 6.07) is 7.37. The van der Waals surface area contributed by atoms with E-state index in [0.717, 1.165) is 51.3 Å². The topological polar surface area (TPSA) is 78.4 Å². The molecule has 2 fully saturated rings. The second kappa shape index (κ2) is 9.45. The van der Waals surface area contributed by atoms with Gasteiger partial charge >= 0.3 is 0 Å². The van der Waals surface area contributed by atoms with E-state index in [9.17, 15) is 9.59 Å². The number of para-hydroxylation sites is 1. The highest BCUT2D eigenvalue weighted by molar-refractivity contribution is 6.04. The van der Waals surface area contributed by atoms with Gasteiger partial charge < -0.3 is 15.1 Å². The summed E-state index contributed by atoms with van der Waals surface area (Å²) in [6.45, 7) is 7.45. The molecule has 2 atom stereocenters. The van der Waals surface area contributed by atoms with Crippen LogP contribution in [0.2, 0.25) is 0 Å². The molecule has 1 aromatic carbocycles. The van der Waals surface area contributed by atoms with Crippen molar-refractivity contribution in [2.75, 3.05) is 36.4 Å². The summed E-state index contributed by atoms with van der Waals surface area (Å²) in [5.41, 5.74) is 1.19. The Hall–Kier alpha value is -2.96. The van der Waals surface area contributed by atoms with Gasteiger partial charge in [0.2, 0.25) is 5.91 Å². The van der Waals surface area contributed by atoms with Crippen molar-refractivity contribution in [2.45, 2.75) is 33.1 Å². The number of nitrogens with one attached hydrogen (secondary N) is 1. The Morgan fingerprint density at radius 1 is 1.03 bits per heavy atom. The van der Waals surface area contributed by atoms with E-state index < -0.39 is 0 Å². The summed E-state index contributed by atoms with van der Waals surface area (Å²) >= 11 is 0. The number of piperidine rings is 2. The highest BCUT2D eigenvalue weighted by atomic mass is 16.2. The van der Waals surface area contributed by atoms with Gasteiger partial charge in [0.05, 0.1) is 17.4 Å². The molecule has 2 aromatic rings. The standard InChI is InChI=1S/C24H31N5O2/c1-17-13-18(2)16-29(15-17)24(31)20-5-3-4-6-21(20)27-23(30)19-7-11-28(12-8-19)22-14-25-9-10-26-22/h3-6,9-10,14,17-19H,7-8,11-13,15-16H2,1-2H3,(H,27,30). The quantitative estimate of drug-likeness (QED) is 0.818. The summed E-state index contributed by atoms with van der Waals surface area (Å²) in [5, 5.41) is 3.04. The van der Waals surface area contributed by atoms with Crippen LogP contribution >= 0.6 is 0 Å². The Morgan fingerprint density at radius 3 is 2.42 bits per heavy atom. The van der Waals surface area contributed by atoms with Crippen molar-refractivity contribution in [3.8, 4) is 0 Å². The SMILES string of the molecule is CC1CC(C)CN(C(=O)c2ccccc2NC(=O)C2CCN(c3cnccn3)CC2)C1. The number of likely N-dealkylation sites (tertiary alicyclic amines) is 1. The molecule has 1 N–H and O–H groups in total. The van der Waals surface area contributed by atoms with Crippen LogP contribution in [0, 0.1) is 17.8 Å². The van der Waals surface area contributed by atoms with Crippen LogP contribution in [0.5, 0.6) is 0 Å². The normalized spacial score (nSPS) is 22.3. The fourth-order valence-corrected chi connectivity index (χ4v) is 4.84. The molecule has 0 bridgehead atoms. The minimum Gasteiger partial charge on any atom is -0.355 e. The zero-order valence-corrected chi connectivity index (χ0v) is 18.3. The maximum Gasteiger partial charge on any atom is 0.255 e. The van der Waals surface area contributed by atoms with Gasteiger partial charge in [-0.1, -0.05) is 26.0 Å². The van der Waals surface area contributed by atoms with Crippen LogP contribution in [0.3, 0.4) is 0 Å². The Bertz CT molecular complexity index is 901. The molecule has 1 aromatic heterocycles. The molecule has 7 heteroatoms. The third kappa shape index (κ3) is 5.03. The van der Waals surface area contributed by atoms with Crippen molar-refractivity contribution < 1.29 is 9.59 Å². The lowest BCUT2D eigenvalue weighted by Gasteiger charge is -2.35. The summed E-state index contributed by atoms with van der Waals surface area (Å²) in [4.78, 5) is 38.8. The van der Waals surface area contributed by atoms with E-state index in [1.165, 1.54) is 0 Å². The van der Waals surface area contributed by atoms with Gasteiger partial charge in [-0.25, -0.2) is 4.98 Å². The zero-order valence-electron chi connectivity index (χ0n) is 18.3. The summed E-state index contributed by atoms with van der Waals surface area (Å²) in [7, 11) is 0. The van der Waals surface area contributed by atoms with Crippen molar-refractivity contribution in [3.05, 3.63) is 48.4 Å². The van der Waals surface area contributed by atoms with Crippen LogP contribution in [0.15, 0.2) is 42.9 Å². The molecule has 2 saturated heterocycles. The van der Waals surface area contributed by atoms with Crippen molar-refractivity contribution in [2.24, 2.45) is 17.8 Å². The highest BCUT2D eigenvalue weighted by Gasteiger charge is 2.29. The lowest BCUT2D eigenvalue weighted by Crippen LogP contribution is -2.43. The van der Waals surface area contributed by atoms with Gasteiger partial charge in [-0.3, -0.25) is 14.6 Å². The van der Waals surface area contributed by atoms with Gasteiger partial charge in [0.25, 0.3) is 5.91 Å². The number of carbonyl (C=O) groups excluding carboxylic acids is 2. The van der Waals surface area contributed by atoms with E-state index in [1.54, 1.807) is 18.6 Å². The predicted octanol–water partition coefficient (Wildman–Crippen LogP) is 3.45. The average molecular weight is 422 g/mol. The van der Waals surface area contributed by atoms with Crippen molar-refractivity contribution in [1.29, 1.82) is 0 Å². The molecule has 3 heterocycles. The Labute approximate surface area is 183 Å². The minimum absolute atomic E-state index is 0.00627. The average Bonchev–Trinajstić information content (AvgIpc) is 2.79. The summed E-state index contributed by atoms with van der Waals surface area (Å²) in [5.74, 6) is 1.75. The van der Waals surface area contributed by atoms with Gasteiger partial charge in [-0.15, -0.1) is 0 Å². The van der Waals surface area contributed by atoms with Crippen LogP contribution < -0.4 is 10.2 Å². The first-order valence-electron chi connectivity index (χ1n) is 11.2. The molecule has 164 valence electrons. The fraction of sp³-hybridized carbons (Fsp3) is 0.500. The zero-order chi connectivity index (χ0) is 21.8. The number of benzene rings is 1. The number of rotatable bonds is 4. The van der Waals surface area contributed by atoms with Crippen LogP contribution in [-0.4, -0.2) is 52.9 Å². The first kappa shape index (κ1) is 21.3. The van der Waals surface area contributed by atoms with Gasteiger partial charge in [-0.05, 0) is 43.2 Å². The molecule has 0 aliphatic carbocycles. The van der Waals surface area contributed by atoms with Crippen molar-refractivity contribution in [3.63, 3.8) is 0 Å². The van der Waals surface area contributed by atoms with Crippen LogP contribution in [0.1, 0.15) is 43.5 Å². The molecule has 2 unspecified atom stereocenters. The van der Waals surface area contributed by atoms with E-state index in [1.807, 2.05) is 29.2 Å². The second-order valence-electron chi connectivity index (χ2n) is 9.02. The molecule has 0 radical (unpaired) electrons. The van der Waals surface area contributed by atoms with E-state index in [4.69, 9.17) is 0 Å². The molecule has 2 aliphatic heterocycles.